The van der Waals surface area contributed by atoms with Crippen molar-refractivity contribution in [1.82, 2.24) is 19.9 Å². The van der Waals surface area contributed by atoms with Crippen LogP contribution in [0.25, 0.3) is 11.4 Å². The van der Waals surface area contributed by atoms with Crippen molar-refractivity contribution in [1.29, 1.82) is 0 Å². The highest BCUT2D eigenvalue weighted by molar-refractivity contribution is 5.67. The Morgan fingerprint density at radius 2 is 2.08 bits per heavy atom. The van der Waals surface area contributed by atoms with Gasteiger partial charge in [-0.1, -0.05) is 17.3 Å². The molecule has 2 aromatic heterocycles. The lowest BCUT2D eigenvalue weighted by Crippen LogP contribution is -2.04. The van der Waals surface area contributed by atoms with E-state index in [0.29, 0.717) is 28.8 Å². The van der Waals surface area contributed by atoms with E-state index in [1.807, 2.05) is 19.1 Å². The van der Waals surface area contributed by atoms with Gasteiger partial charge in [-0.15, -0.1) is 0 Å². The second-order valence-electron chi connectivity index (χ2n) is 5.47. The summed E-state index contributed by atoms with van der Waals surface area (Å²) in [7, 11) is 0. The maximum absolute atomic E-state index is 11.1. The van der Waals surface area contributed by atoms with Crippen molar-refractivity contribution < 1.29 is 9.45 Å². The summed E-state index contributed by atoms with van der Waals surface area (Å²) in [6.07, 6.45) is 0. The zero-order chi connectivity index (χ0) is 17.4. The number of hydrogen-bond donors (Lipinski definition) is 1. The number of aryl methyl sites for hydroxylation is 1. The summed E-state index contributed by atoms with van der Waals surface area (Å²) >= 11 is 0. The Morgan fingerprint density at radius 1 is 1.33 bits per heavy atom. The molecule has 0 aliphatic carbocycles. The maximum Gasteiger partial charge on any atom is 0.312 e. The quantitative estimate of drug-likeness (QED) is 0.442. The van der Waals surface area contributed by atoms with Crippen LogP contribution in [0.5, 0.6) is 0 Å². The third kappa shape index (κ3) is 2.60. The van der Waals surface area contributed by atoms with Gasteiger partial charge in [0.25, 0.3) is 0 Å². The Morgan fingerprint density at radius 3 is 2.75 bits per heavy atom. The number of nitrogen functional groups attached to an aromatic ring is 1. The van der Waals surface area contributed by atoms with Gasteiger partial charge in [0.2, 0.25) is 11.7 Å². The number of anilines is 1. The predicted octanol–water partition coefficient (Wildman–Crippen LogP) is 2.40. The minimum absolute atomic E-state index is 0.00131. The number of benzene rings is 1. The smallest absolute Gasteiger partial charge is 0.312 e. The molecule has 3 aromatic rings. The van der Waals surface area contributed by atoms with Gasteiger partial charge in [-0.3, -0.25) is 14.8 Å². The van der Waals surface area contributed by atoms with Gasteiger partial charge < -0.3 is 10.3 Å². The molecule has 3 rings (SSSR count). The van der Waals surface area contributed by atoms with Crippen LogP contribution in [-0.2, 0) is 6.54 Å². The van der Waals surface area contributed by atoms with Crippen LogP contribution in [0, 0.1) is 30.9 Å². The normalized spacial score (nSPS) is 11.0. The number of nitrogens with zero attached hydrogens (tertiary/aromatic N) is 5. The molecule has 2 N–H and O–H groups in total. The highest BCUT2D eigenvalue weighted by atomic mass is 16.6. The van der Waals surface area contributed by atoms with Gasteiger partial charge in [0, 0.05) is 11.3 Å². The van der Waals surface area contributed by atoms with Crippen molar-refractivity contribution in [3.63, 3.8) is 0 Å². The number of aromatic nitrogens is 4. The van der Waals surface area contributed by atoms with Crippen LogP contribution in [0.2, 0.25) is 0 Å². The fourth-order valence-electron chi connectivity index (χ4n) is 2.56. The summed E-state index contributed by atoms with van der Waals surface area (Å²) < 4.78 is 6.73. The van der Waals surface area contributed by atoms with Crippen molar-refractivity contribution in [3.8, 4) is 11.4 Å². The fourth-order valence-corrected chi connectivity index (χ4v) is 2.56. The van der Waals surface area contributed by atoms with E-state index in [4.69, 9.17) is 10.3 Å². The summed E-state index contributed by atoms with van der Waals surface area (Å²) in [6, 6.07) is 5.47. The predicted molar refractivity (Wildman–Crippen MR) is 86.3 cm³/mol. The Kier molecular flexibility index (Phi) is 3.76. The minimum atomic E-state index is -0.441. The summed E-state index contributed by atoms with van der Waals surface area (Å²) in [5, 5.41) is 19.2. The van der Waals surface area contributed by atoms with Crippen LogP contribution in [-0.4, -0.2) is 24.8 Å². The Balaban J connectivity index is 1.91. The Bertz CT molecular complexity index is 927. The van der Waals surface area contributed by atoms with E-state index in [-0.39, 0.29) is 12.2 Å². The third-order valence-electron chi connectivity index (χ3n) is 3.90. The van der Waals surface area contributed by atoms with E-state index in [0.717, 1.165) is 11.1 Å². The van der Waals surface area contributed by atoms with Crippen LogP contribution in [0.15, 0.2) is 22.7 Å². The molecular weight excluding hydrogens is 312 g/mol. The monoisotopic (exact) mass is 328 g/mol. The number of hydrogen-bond acceptors (Lipinski definition) is 7. The van der Waals surface area contributed by atoms with Crippen molar-refractivity contribution >= 4 is 11.4 Å². The van der Waals surface area contributed by atoms with E-state index in [1.165, 1.54) is 4.68 Å². The lowest BCUT2D eigenvalue weighted by Gasteiger charge is -2.03. The van der Waals surface area contributed by atoms with Gasteiger partial charge in [-0.2, -0.15) is 10.1 Å². The first-order chi connectivity index (χ1) is 11.4. The van der Waals surface area contributed by atoms with E-state index < -0.39 is 4.92 Å². The van der Waals surface area contributed by atoms with Gasteiger partial charge in [0.15, 0.2) is 0 Å². The number of nitrogens with two attached hydrogens (primary N) is 1. The van der Waals surface area contributed by atoms with E-state index in [9.17, 15) is 10.1 Å². The van der Waals surface area contributed by atoms with Gasteiger partial charge in [-0.05, 0) is 32.4 Å². The van der Waals surface area contributed by atoms with Gasteiger partial charge in [-0.25, -0.2) is 0 Å². The molecule has 9 nitrogen and oxygen atoms in total. The molecule has 0 aliphatic rings. The highest BCUT2D eigenvalue weighted by Gasteiger charge is 2.23. The van der Waals surface area contributed by atoms with Crippen molar-refractivity contribution in [3.05, 3.63) is 51.2 Å². The molecule has 9 heteroatoms. The molecule has 0 saturated heterocycles. The van der Waals surface area contributed by atoms with Gasteiger partial charge >= 0.3 is 5.69 Å². The zero-order valence-electron chi connectivity index (χ0n) is 13.5. The lowest BCUT2D eigenvalue weighted by atomic mass is 10.1. The molecule has 124 valence electrons. The fraction of sp³-hybridized carbons (Fsp3) is 0.267. The third-order valence-corrected chi connectivity index (χ3v) is 3.90. The summed E-state index contributed by atoms with van der Waals surface area (Å²) in [6.45, 7) is 5.27. The molecule has 0 saturated carbocycles. The first-order valence-corrected chi connectivity index (χ1v) is 7.25. The van der Waals surface area contributed by atoms with Crippen molar-refractivity contribution in [2.75, 3.05) is 5.73 Å². The molecule has 0 unspecified atom stereocenters. The highest BCUT2D eigenvalue weighted by Crippen LogP contribution is 2.26. The molecule has 0 atom stereocenters. The van der Waals surface area contributed by atoms with E-state index in [2.05, 4.69) is 15.2 Å². The zero-order valence-corrected chi connectivity index (χ0v) is 13.5. The average molecular weight is 328 g/mol. The van der Waals surface area contributed by atoms with Crippen molar-refractivity contribution in [2.24, 2.45) is 0 Å². The Hall–Kier alpha value is -3.23. The molecule has 0 radical (unpaired) electrons. The number of rotatable bonds is 4. The average Bonchev–Trinajstić information content (AvgIpc) is 3.07. The van der Waals surface area contributed by atoms with Crippen LogP contribution >= 0.6 is 0 Å². The van der Waals surface area contributed by atoms with Gasteiger partial charge in [0.05, 0.1) is 4.92 Å². The standard InChI is InChI=1S/C15H16N6O3/c1-8-11(5-4-6-12(8)16)15-17-13(24-19-15)7-20-10(3)14(21(22)23)9(2)18-20/h4-6H,7,16H2,1-3H3. The molecule has 0 aliphatic heterocycles. The van der Waals surface area contributed by atoms with Crippen LogP contribution < -0.4 is 5.73 Å². The largest absolute Gasteiger partial charge is 0.398 e. The molecular formula is C15H16N6O3. The van der Waals surface area contributed by atoms with Crippen LogP contribution in [0.3, 0.4) is 0 Å². The van der Waals surface area contributed by atoms with Crippen molar-refractivity contribution in [2.45, 2.75) is 27.3 Å². The second kappa shape index (κ2) is 5.76. The molecule has 0 bridgehead atoms. The molecule has 24 heavy (non-hydrogen) atoms. The van der Waals surface area contributed by atoms with Crippen LogP contribution in [0.4, 0.5) is 11.4 Å². The SMILES string of the molecule is Cc1nn(Cc2nc(-c3cccc(N)c3C)no2)c(C)c1[N+](=O)[O-]. The first-order valence-electron chi connectivity index (χ1n) is 7.25. The lowest BCUT2D eigenvalue weighted by molar-refractivity contribution is -0.386. The molecule has 1 aromatic carbocycles. The molecule has 0 fully saturated rings. The van der Waals surface area contributed by atoms with E-state index in [1.54, 1.807) is 19.9 Å². The first kappa shape index (κ1) is 15.7. The van der Waals surface area contributed by atoms with Gasteiger partial charge in [0.1, 0.15) is 17.9 Å². The summed E-state index contributed by atoms with van der Waals surface area (Å²) in [5.74, 6) is 0.734. The summed E-state index contributed by atoms with van der Waals surface area (Å²) in [4.78, 5) is 15.0. The van der Waals surface area contributed by atoms with Crippen LogP contribution in [0.1, 0.15) is 22.8 Å². The summed E-state index contributed by atoms with van der Waals surface area (Å²) in [5.41, 5.74) is 8.98. The minimum Gasteiger partial charge on any atom is -0.398 e. The number of nitro groups is 1. The molecule has 0 amide bonds. The Labute approximate surface area is 137 Å². The molecule has 2 heterocycles. The topological polar surface area (TPSA) is 126 Å². The van der Waals surface area contributed by atoms with E-state index >= 15 is 0 Å². The maximum atomic E-state index is 11.1. The molecule has 0 spiro atoms. The second-order valence-corrected chi connectivity index (χ2v) is 5.47.